The van der Waals surface area contributed by atoms with E-state index in [0.29, 0.717) is 16.1 Å². The highest BCUT2D eigenvalue weighted by molar-refractivity contribution is 7.91. The zero-order valence-electron chi connectivity index (χ0n) is 6.66. The summed E-state index contributed by atoms with van der Waals surface area (Å²) in [6.07, 6.45) is 2.36. The van der Waals surface area contributed by atoms with Crippen LogP contribution in [-0.4, -0.2) is 20.3 Å². The van der Waals surface area contributed by atoms with Gasteiger partial charge >= 0.3 is 5.16 Å². The maximum Gasteiger partial charge on any atom is 0.344 e. The Morgan fingerprint density at radius 2 is 2.42 bits per heavy atom. The van der Waals surface area contributed by atoms with Crippen molar-refractivity contribution in [1.29, 1.82) is 0 Å². The lowest BCUT2D eigenvalue weighted by Gasteiger charge is -2.05. The van der Waals surface area contributed by atoms with Crippen molar-refractivity contribution in [3.8, 4) is 0 Å². The first-order valence-corrected chi connectivity index (χ1v) is 5.30. The van der Waals surface area contributed by atoms with Gasteiger partial charge in [-0.25, -0.2) is 0 Å². The molecule has 1 aromatic heterocycles. The Bertz CT molecular complexity index is 259. The fourth-order valence-corrected chi connectivity index (χ4v) is 1.82. The average molecular weight is 205 g/mol. The van der Waals surface area contributed by atoms with E-state index in [1.807, 2.05) is 6.92 Å². The van der Waals surface area contributed by atoms with Crippen molar-refractivity contribution in [2.24, 2.45) is 0 Å². The monoisotopic (exact) mass is 204 g/mol. The second-order valence-electron chi connectivity index (χ2n) is 2.21. The minimum atomic E-state index is -1.10. The zero-order chi connectivity index (χ0) is 8.97. The number of rotatable bonds is 3. The number of nitrogens with zero attached hydrogens (tertiary/aromatic N) is 2. The molecule has 5 heteroatoms. The van der Waals surface area contributed by atoms with E-state index >= 15 is 0 Å². The number of halogens is 1. The molecule has 1 unspecified atom stereocenters. The highest BCUT2D eigenvalue weighted by Crippen LogP contribution is 2.09. The van der Waals surface area contributed by atoms with Crippen molar-refractivity contribution < 1.29 is 4.55 Å². The van der Waals surface area contributed by atoms with Crippen LogP contribution in [0.5, 0.6) is 0 Å². The molecular formula is C7H9ClN2OS. The summed E-state index contributed by atoms with van der Waals surface area (Å²) in [6.45, 7) is 1.96. The van der Waals surface area contributed by atoms with Gasteiger partial charge in [0.2, 0.25) is 0 Å². The molecule has 1 rings (SSSR count). The first-order valence-electron chi connectivity index (χ1n) is 3.61. The molecule has 0 aliphatic carbocycles. The molecule has 1 aromatic rings. The van der Waals surface area contributed by atoms with Crippen LogP contribution in [0.4, 0.5) is 0 Å². The predicted molar refractivity (Wildman–Crippen MR) is 48.6 cm³/mol. The number of hydrogen-bond donors (Lipinski definition) is 0. The van der Waals surface area contributed by atoms with E-state index in [9.17, 15) is 4.55 Å². The third-order valence-corrected chi connectivity index (χ3v) is 2.79. The molecule has 0 spiro atoms. The van der Waals surface area contributed by atoms with Crippen LogP contribution in [0.1, 0.15) is 13.3 Å². The average Bonchev–Trinajstić information content (AvgIpc) is 2.05. The van der Waals surface area contributed by atoms with Gasteiger partial charge in [-0.1, -0.05) is 18.5 Å². The largest absolute Gasteiger partial charge is 0.609 e. The normalized spacial score (nSPS) is 12.9. The summed E-state index contributed by atoms with van der Waals surface area (Å²) < 4.78 is 11.3. The highest BCUT2D eigenvalue weighted by atomic mass is 35.5. The fraction of sp³-hybridized carbons (Fsp3) is 0.429. The van der Waals surface area contributed by atoms with Gasteiger partial charge in [-0.15, -0.1) is 0 Å². The van der Waals surface area contributed by atoms with Crippen molar-refractivity contribution in [3.05, 3.63) is 17.4 Å². The summed E-state index contributed by atoms with van der Waals surface area (Å²) in [5.41, 5.74) is 0. The second-order valence-corrected chi connectivity index (χ2v) is 4.06. The van der Waals surface area contributed by atoms with E-state index in [2.05, 4.69) is 9.97 Å². The Balaban J connectivity index is 2.73. The lowest BCUT2D eigenvalue weighted by atomic mass is 10.6. The van der Waals surface area contributed by atoms with Crippen LogP contribution in [-0.2, 0) is 11.2 Å². The van der Waals surface area contributed by atoms with Crippen LogP contribution < -0.4 is 0 Å². The SMILES string of the molecule is CCC[S+]([O-])c1nccc(Cl)n1. The van der Waals surface area contributed by atoms with Crippen molar-refractivity contribution in [3.63, 3.8) is 0 Å². The summed E-state index contributed by atoms with van der Waals surface area (Å²) in [7, 11) is 0. The number of aromatic nitrogens is 2. The summed E-state index contributed by atoms with van der Waals surface area (Å²) >= 11 is 4.50. The highest BCUT2D eigenvalue weighted by Gasteiger charge is 2.12. The quantitative estimate of drug-likeness (QED) is 0.427. The molecule has 0 amide bonds. The van der Waals surface area contributed by atoms with Crippen molar-refractivity contribution in [2.75, 3.05) is 5.75 Å². The van der Waals surface area contributed by atoms with Crippen LogP contribution in [0.25, 0.3) is 0 Å². The number of hydrogen-bond acceptors (Lipinski definition) is 3. The Morgan fingerprint density at radius 1 is 1.67 bits per heavy atom. The van der Waals surface area contributed by atoms with Crippen LogP contribution in [0.3, 0.4) is 0 Å². The maximum absolute atomic E-state index is 11.3. The van der Waals surface area contributed by atoms with Crippen molar-refractivity contribution in [2.45, 2.75) is 18.5 Å². The predicted octanol–water partition coefficient (Wildman–Crippen LogP) is 1.65. The molecule has 0 aliphatic heterocycles. The molecule has 0 radical (unpaired) electrons. The minimum Gasteiger partial charge on any atom is -0.609 e. The molecule has 12 heavy (non-hydrogen) atoms. The van der Waals surface area contributed by atoms with Crippen LogP contribution in [0.15, 0.2) is 17.4 Å². The molecule has 0 saturated heterocycles. The molecule has 0 fully saturated rings. The summed E-state index contributed by atoms with van der Waals surface area (Å²) in [5, 5.41) is 0.661. The second kappa shape index (κ2) is 4.64. The Labute approximate surface area is 79.4 Å². The summed E-state index contributed by atoms with van der Waals surface area (Å²) in [5.74, 6) is 0.584. The molecule has 66 valence electrons. The van der Waals surface area contributed by atoms with Crippen LogP contribution in [0.2, 0.25) is 5.15 Å². The molecule has 3 nitrogen and oxygen atoms in total. The van der Waals surface area contributed by atoms with Crippen LogP contribution in [0, 0.1) is 0 Å². The fourth-order valence-electron chi connectivity index (χ4n) is 0.706. The third kappa shape index (κ3) is 2.62. The third-order valence-electron chi connectivity index (χ3n) is 1.19. The van der Waals surface area contributed by atoms with Gasteiger partial charge < -0.3 is 4.55 Å². The van der Waals surface area contributed by atoms with Gasteiger partial charge in [0.15, 0.2) is 0 Å². The standard InChI is InChI=1S/C7H9ClN2OS/c1-2-5-12(11)7-9-4-3-6(8)10-7/h3-4H,2,5H2,1H3. The van der Waals surface area contributed by atoms with E-state index in [-0.39, 0.29) is 0 Å². The van der Waals surface area contributed by atoms with E-state index < -0.39 is 11.2 Å². The molecule has 1 atom stereocenters. The van der Waals surface area contributed by atoms with E-state index in [0.717, 1.165) is 6.42 Å². The lowest BCUT2D eigenvalue weighted by molar-refractivity contribution is 0.584. The smallest absolute Gasteiger partial charge is 0.344 e. The summed E-state index contributed by atoms with van der Waals surface area (Å²) in [6, 6.07) is 1.56. The molecule has 1 heterocycles. The lowest BCUT2D eigenvalue weighted by Crippen LogP contribution is -2.10. The van der Waals surface area contributed by atoms with Crippen LogP contribution >= 0.6 is 11.6 Å². The molecule has 0 bridgehead atoms. The van der Waals surface area contributed by atoms with Crippen molar-refractivity contribution in [1.82, 2.24) is 9.97 Å². The molecule has 0 aliphatic rings. The maximum atomic E-state index is 11.3. The van der Waals surface area contributed by atoms with Crippen molar-refractivity contribution >= 4 is 22.8 Å². The first-order chi connectivity index (χ1) is 5.74. The Kier molecular flexibility index (Phi) is 3.78. The molecule has 0 saturated carbocycles. The van der Waals surface area contributed by atoms with Gasteiger partial charge in [0.25, 0.3) is 0 Å². The van der Waals surface area contributed by atoms with Gasteiger partial charge in [0, 0.05) is 17.4 Å². The summed E-state index contributed by atoms with van der Waals surface area (Å²) in [4.78, 5) is 7.71. The molecule has 0 N–H and O–H groups in total. The van der Waals surface area contributed by atoms with E-state index in [1.165, 1.54) is 6.20 Å². The van der Waals surface area contributed by atoms with Gasteiger partial charge in [-0.05, 0) is 12.5 Å². The van der Waals surface area contributed by atoms with E-state index in [4.69, 9.17) is 11.6 Å². The van der Waals surface area contributed by atoms with E-state index in [1.54, 1.807) is 6.07 Å². The Hall–Kier alpha value is -0.320. The van der Waals surface area contributed by atoms with Gasteiger partial charge in [-0.2, -0.15) is 9.97 Å². The van der Waals surface area contributed by atoms with Gasteiger partial charge in [0.1, 0.15) is 10.9 Å². The van der Waals surface area contributed by atoms with Gasteiger partial charge in [0.05, 0.1) is 0 Å². The molecular weight excluding hydrogens is 196 g/mol. The molecule has 0 aromatic carbocycles. The zero-order valence-corrected chi connectivity index (χ0v) is 8.23. The Morgan fingerprint density at radius 3 is 3.00 bits per heavy atom. The van der Waals surface area contributed by atoms with Gasteiger partial charge in [-0.3, -0.25) is 0 Å². The topological polar surface area (TPSA) is 48.8 Å². The minimum absolute atomic E-state index is 0.323. The first kappa shape index (κ1) is 9.77.